The van der Waals surface area contributed by atoms with Gasteiger partial charge in [-0.1, -0.05) is 30.3 Å². The van der Waals surface area contributed by atoms with Gasteiger partial charge in [0.15, 0.2) is 0 Å². The fourth-order valence-electron chi connectivity index (χ4n) is 2.95. The molecule has 0 aliphatic heterocycles. The normalized spacial score (nSPS) is 12.0. The van der Waals surface area contributed by atoms with Gasteiger partial charge in [0.05, 0.1) is 37.6 Å². The molecule has 3 aromatic rings. The quantitative estimate of drug-likeness (QED) is 0.308. The molecule has 0 saturated heterocycles. The van der Waals surface area contributed by atoms with E-state index in [-0.39, 0.29) is 31.7 Å². The van der Waals surface area contributed by atoms with Crippen LogP contribution in [0.1, 0.15) is 27.7 Å². The summed E-state index contributed by atoms with van der Waals surface area (Å²) in [7, 11) is 0. The molecule has 0 aliphatic carbocycles. The number of benzene rings is 1. The van der Waals surface area contributed by atoms with Crippen molar-refractivity contribution in [2.75, 3.05) is 25.1 Å². The lowest BCUT2D eigenvalue weighted by molar-refractivity contribution is 0.0911. The smallest absolute Gasteiger partial charge is 0.268 e. The highest BCUT2D eigenvalue weighted by Gasteiger charge is 2.18. The maximum atomic E-state index is 12.7. The second kappa shape index (κ2) is 9.97. The molecule has 0 aliphatic rings. The number of aliphatic hydroxyl groups excluding tert-OH is 3. The fourth-order valence-corrected chi connectivity index (χ4v) is 2.95. The number of aryl methyl sites for hydroxylation is 1. The third-order valence-corrected chi connectivity index (χ3v) is 4.64. The van der Waals surface area contributed by atoms with Crippen LogP contribution in [0.15, 0.2) is 48.8 Å². The number of hydrogen-bond acceptors (Lipinski definition) is 7. The molecule has 1 aromatic carbocycles. The molecule has 6 N–H and O–H groups in total. The SMILES string of the molecule is Cc1cnc(NC(CO)CO)nc1-c1c[nH]c(C(=O)NC(CO)c2ccccc2)c1. The second-order valence-corrected chi connectivity index (χ2v) is 6.85. The molecule has 1 amide bonds. The average molecular weight is 411 g/mol. The first-order valence-electron chi connectivity index (χ1n) is 9.53. The molecule has 1 unspecified atom stereocenters. The third kappa shape index (κ3) is 5.01. The Morgan fingerprint density at radius 1 is 1.13 bits per heavy atom. The Kier molecular flexibility index (Phi) is 7.12. The van der Waals surface area contributed by atoms with Gasteiger partial charge in [0.1, 0.15) is 5.69 Å². The van der Waals surface area contributed by atoms with Crippen LogP contribution in [0, 0.1) is 6.92 Å². The lowest BCUT2D eigenvalue weighted by Gasteiger charge is -2.16. The average Bonchev–Trinajstić information content (AvgIpc) is 3.27. The lowest BCUT2D eigenvalue weighted by atomic mass is 10.1. The summed E-state index contributed by atoms with van der Waals surface area (Å²) in [5.41, 5.74) is 3.24. The van der Waals surface area contributed by atoms with Crippen molar-refractivity contribution < 1.29 is 20.1 Å². The van der Waals surface area contributed by atoms with Crippen molar-refractivity contribution in [1.29, 1.82) is 0 Å². The maximum absolute atomic E-state index is 12.7. The van der Waals surface area contributed by atoms with Gasteiger partial charge in [-0.2, -0.15) is 0 Å². The van der Waals surface area contributed by atoms with Crippen LogP contribution in [0.4, 0.5) is 5.95 Å². The zero-order valence-electron chi connectivity index (χ0n) is 16.5. The molecule has 0 radical (unpaired) electrons. The first-order valence-corrected chi connectivity index (χ1v) is 9.53. The number of nitrogens with zero attached hydrogens (tertiary/aromatic N) is 2. The Balaban J connectivity index is 1.78. The number of rotatable bonds is 9. The van der Waals surface area contributed by atoms with E-state index in [2.05, 4.69) is 25.6 Å². The maximum Gasteiger partial charge on any atom is 0.268 e. The van der Waals surface area contributed by atoms with Crippen molar-refractivity contribution >= 4 is 11.9 Å². The van der Waals surface area contributed by atoms with Crippen LogP contribution >= 0.6 is 0 Å². The fraction of sp³-hybridized carbons (Fsp3) is 0.286. The van der Waals surface area contributed by atoms with Crippen molar-refractivity contribution in [1.82, 2.24) is 20.3 Å². The standard InChI is InChI=1S/C21H25N5O4/c1-13-8-23-21(24-16(10-27)11-28)26-19(13)15-7-17(22-9-15)20(30)25-18(12-29)14-5-3-2-4-6-14/h2-9,16,18,22,27-29H,10-12H2,1H3,(H,25,30)(H,23,24,26). The summed E-state index contributed by atoms with van der Waals surface area (Å²) in [6.45, 7) is 1.11. The van der Waals surface area contributed by atoms with E-state index in [0.29, 0.717) is 17.0 Å². The Labute approximate surface area is 173 Å². The van der Waals surface area contributed by atoms with Gasteiger partial charge in [0.25, 0.3) is 5.91 Å². The number of anilines is 1. The molecule has 0 spiro atoms. The van der Waals surface area contributed by atoms with Gasteiger partial charge in [-0.3, -0.25) is 4.79 Å². The molecular formula is C21H25N5O4. The van der Waals surface area contributed by atoms with E-state index >= 15 is 0 Å². The second-order valence-electron chi connectivity index (χ2n) is 6.85. The highest BCUT2D eigenvalue weighted by Crippen LogP contribution is 2.23. The summed E-state index contributed by atoms with van der Waals surface area (Å²) in [6, 6.07) is 9.82. The van der Waals surface area contributed by atoms with Gasteiger partial charge < -0.3 is 30.9 Å². The van der Waals surface area contributed by atoms with E-state index < -0.39 is 12.1 Å². The van der Waals surface area contributed by atoms with Crippen LogP contribution in [-0.2, 0) is 0 Å². The minimum absolute atomic E-state index is 0.222. The molecule has 9 heteroatoms. The number of carbonyl (C=O) groups excluding carboxylic acids is 1. The zero-order chi connectivity index (χ0) is 21.5. The Hall–Kier alpha value is -3.27. The number of nitrogens with one attached hydrogen (secondary N) is 3. The summed E-state index contributed by atoms with van der Waals surface area (Å²) >= 11 is 0. The van der Waals surface area contributed by atoms with E-state index in [1.807, 2.05) is 37.3 Å². The Morgan fingerprint density at radius 3 is 2.53 bits per heavy atom. The Morgan fingerprint density at radius 2 is 1.87 bits per heavy atom. The van der Waals surface area contributed by atoms with Crippen molar-refractivity contribution in [3.05, 3.63) is 65.6 Å². The number of aromatic amines is 1. The summed E-state index contributed by atoms with van der Waals surface area (Å²) in [5, 5.41) is 33.8. The van der Waals surface area contributed by atoms with Crippen molar-refractivity contribution in [2.45, 2.75) is 19.0 Å². The van der Waals surface area contributed by atoms with E-state index in [9.17, 15) is 20.1 Å². The van der Waals surface area contributed by atoms with Crippen molar-refractivity contribution in [2.24, 2.45) is 0 Å². The predicted octanol–water partition coefficient (Wildman–Crippen LogP) is 1.01. The molecule has 0 bridgehead atoms. The van der Waals surface area contributed by atoms with Gasteiger partial charge in [-0.25, -0.2) is 9.97 Å². The highest BCUT2D eigenvalue weighted by atomic mass is 16.3. The zero-order valence-corrected chi connectivity index (χ0v) is 16.5. The Bertz CT molecular complexity index is 973. The number of aromatic nitrogens is 3. The largest absolute Gasteiger partial charge is 0.394 e. The van der Waals surface area contributed by atoms with E-state index in [1.165, 1.54) is 0 Å². The summed E-state index contributed by atoms with van der Waals surface area (Å²) in [4.78, 5) is 24.2. The first-order chi connectivity index (χ1) is 14.5. The van der Waals surface area contributed by atoms with Gasteiger partial charge in [0, 0.05) is 18.0 Å². The highest BCUT2D eigenvalue weighted by molar-refractivity contribution is 5.94. The van der Waals surface area contributed by atoms with E-state index in [4.69, 9.17) is 0 Å². The van der Waals surface area contributed by atoms with Crippen molar-refractivity contribution in [3.8, 4) is 11.3 Å². The minimum atomic E-state index is -0.568. The van der Waals surface area contributed by atoms with Crippen LogP contribution < -0.4 is 10.6 Å². The predicted molar refractivity (Wildman–Crippen MR) is 112 cm³/mol. The molecule has 30 heavy (non-hydrogen) atoms. The first kappa shape index (κ1) is 21.4. The van der Waals surface area contributed by atoms with Gasteiger partial charge in [-0.05, 0) is 24.1 Å². The summed E-state index contributed by atoms with van der Waals surface area (Å²) in [6.07, 6.45) is 3.29. The topological polar surface area (TPSA) is 143 Å². The number of H-pyrrole nitrogens is 1. The molecule has 2 heterocycles. The number of carbonyl (C=O) groups is 1. The van der Waals surface area contributed by atoms with Crippen LogP contribution in [0.2, 0.25) is 0 Å². The van der Waals surface area contributed by atoms with Crippen LogP contribution in [0.5, 0.6) is 0 Å². The molecule has 0 saturated carbocycles. The van der Waals surface area contributed by atoms with Crippen LogP contribution in [-0.4, -0.2) is 62.0 Å². The minimum Gasteiger partial charge on any atom is -0.394 e. The summed E-state index contributed by atoms with van der Waals surface area (Å²) < 4.78 is 0. The molecule has 1 atom stereocenters. The number of amides is 1. The number of aliphatic hydroxyl groups is 3. The van der Waals surface area contributed by atoms with Crippen LogP contribution in [0.3, 0.4) is 0 Å². The summed E-state index contributed by atoms with van der Waals surface area (Å²) in [5.74, 6) is -0.0878. The van der Waals surface area contributed by atoms with Gasteiger partial charge in [0.2, 0.25) is 5.95 Å². The van der Waals surface area contributed by atoms with Gasteiger partial charge in [-0.15, -0.1) is 0 Å². The third-order valence-electron chi connectivity index (χ3n) is 4.64. The molecule has 9 nitrogen and oxygen atoms in total. The van der Waals surface area contributed by atoms with E-state index in [1.54, 1.807) is 18.5 Å². The molecule has 158 valence electrons. The van der Waals surface area contributed by atoms with Crippen LogP contribution in [0.25, 0.3) is 11.3 Å². The number of hydrogen-bond donors (Lipinski definition) is 6. The van der Waals surface area contributed by atoms with Gasteiger partial charge >= 0.3 is 0 Å². The molecule has 0 fully saturated rings. The lowest BCUT2D eigenvalue weighted by Crippen LogP contribution is -2.30. The molecular weight excluding hydrogens is 386 g/mol. The monoisotopic (exact) mass is 411 g/mol. The van der Waals surface area contributed by atoms with E-state index in [0.717, 1.165) is 11.1 Å². The molecule has 3 rings (SSSR count). The molecule has 2 aromatic heterocycles. The van der Waals surface area contributed by atoms with Crippen molar-refractivity contribution in [3.63, 3.8) is 0 Å².